The van der Waals surface area contributed by atoms with Gasteiger partial charge < -0.3 is 15.3 Å². The molecular weight excluding hydrogens is 344 g/mol. The first-order chi connectivity index (χ1) is 13.0. The first kappa shape index (κ1) is 19.0. The summed E-state index contributed by atoms with van der Waals surface area (Å²) in [6, 6.07) is 10.9. The van der Waals surface area contributed by atoms with Crippen LogP contribution in [-0.4, -0.2) is 65.0 Å². The number of nitrogens with zero attached hydrogens (tertiary/aromatic N) is 3. The summed E-state index contributed by atoms with van der Waals surface area (Å²) in [7, 11) is 2.13. The van der Waals surface area contributed by atoms with E-state index >= 15 is 0 Å². The van der Waals surface area contributed by atoms with Crippen molar-refractivity contribution in [2.75, 3.05) is 33.2 Å². The molecule has 2 aromatic rings. The summed E-state index contributed by atoms with van der Waals surface area (Å²) in [6.07, 6.45) is 1.33. The van der Waals surface area contributed by atoms with Crippen LogP contribution in [0.5, 0.6) is 0 Å². The molecule has 1 amide bonds. The predicted octanol–water partition coefficient (Wildman–Crippen LogP) is 1.46. The molecule has 0 atom stereocenters. The second kappa shape index (κ2) is 8.75. The summed E-state index contributed by atoms with van der Waals surface area (Å²) >= 11 is 0. The molecule has 1 saturated heterocycles. The first-order valence-electron chi connectivity index (χ1n) is 8.98. The van der Waals surface area contributed by atoms with Crippen LogP contribution in [0.3, 0.4) is 0 Å². The van der Waals surface area contributed by atoms with Crippen molar-refractivity contribution in [1.82, 2.24) is 20.1 Å². The number of piperazine rings is 1. The third-order valence-corrected chi connectivity index (χ3v) is 4.79. The van der Waals surface area contributed by atoms with Crippen molar-refractivity contribution >= 4 is 11.9 Å². The molecule has 7 nitrogen and oxygen atoms in total. The van der Waals surface area contributed by atoms with Crippen LogP contribution in [0.1, 0.15) is 32.0 Å². The zero-order chi connectivity index (χ0) is 19.2. The largest absolute Gasteiger partial charge is 0.477 e. The highest BCUT2D eigenvalue weighted by Crippen LogP contribution is 2.14. The Labute approximate surface area is 158 Å². The van der Waals surface area contributed by atoms with Crippen molar-refractivity contribution in [1.29, 1.82) is 0 Å². The molecule has 142 valence electrons. The van der Waals surface area contributed by atoms with Crippen LogP contribution < -0.4 is 5.32 Å². The van der Waals surface area contributed by atoms with Crippen LogP contribution in [0.15, 0.2) is 42.6 Å². The van der Waals surface area contributed by atoms with Crippen LogP contribution in [0.2, 0.25) is 0 Å². The fraction of sp³-hybridized carbons (Fsp3) is 0.350. The first-order valence-corrected chi connectivity index (χ1v) is 8.98. The lowest BCUT2D eigenvalue weighted by molar-refractivity contribution is 0.0690. The fourth-order valence-electron chi connectivity index (χ4n) is 3.10. The summed E-state index contributed by atoms with van der Waals surface area (Å²) in [5.41, 5.74) is 2.41. The quantitative estimate of drug-likeness (QED) is 0.803. The highest BCUT2D eigenvalue weighted by atomic mass is 16.4. The lowest BCUT2D eigenvalue weighted by Gasteiger charge is -2.32. The summed E-state index contributed by atoms with van der Waals surface area (Å²) in [6.45, 7) is 5.45. The minimum absolute atomic E-state index is 0.141. The molecule has 0 bridgehead atoms. The fourth-order valence-corrected chi connectivity index (χ4v) is 3.10. The van der Waals surface area contributed by atoms with Gasteiger partial charge in [-0.25, -0.2) is 9.78 Å². The Morgan fingerprint density at radius 2 is 1.81 bits per heavy atom. The number of benzene rings is 1. The van der Waals surface area contributed by atoms with Gasteiger partial charge in [0.15, 0.2) is 0 Å². The van der Waals surface area contributed by atoms with Gasteiger partial charge in [-0.05, 0) is 30.3 Å². The number of aromatic nitrogens is 1. The molecule has 2 heterocycles. The standard InChI is InChI=1S/C20H24N4O3/c1-23-8-10-24(11-9-23)14-17-5-3-2-4-16(17)13-22-19(25)15-6-7-21-18(12-15)20(26)27/h2-7,12H,8-11,13-14H2,1H3,(H,22,25)(H,26,27). The summed E-state index contributed by atoms with van der Waals surface area (Å²) in [4.78, 5) is 31.9. The average molecular weight is 368 g/mol. The number of carbonyl (C=O) groups is 2. The van der Waals surface area contributed by atoms with Crippen LogP contribution in [0, 0.1) is 0 Å². The normalized spacial score (nSPS) is 15.4. The molecule has 3 rings (SSSR count). The van der Waals surface area contributed by atoms with Gasteiger partial charge in [-0.15, -0.1) is 0 Å². The van der Waals surface area contributed by atoms with E-state index in [2.05, 4.69) is 33.2 Å². The number of carboxylic acids is 1. The lowest BCUT2D eigenvalue weighted by Crippen LogP contribution is -2.44. The van der Waals surface area contributed by atoms with Crippen molar-refractivity contribution in [3.8, 4) is 0 Å². The second-order valence-corrected chi connectivity index (χ2v) is 6.77. The van der Waals surface area contributed by atoms with Crippen molar-refractivity contribution < 1.29 is 14.7 Å². The van der Waals surface area contributed by atoms with E-state index in [0.29, 0.717) is 12.1 Å². The van der Waals surface area contributed by atoms with Gasteiger partial charge in [-0.3, -0.25) is 9.69 Å². The van der Waals surface area contributed by atoms with E-state index < -0.39 is 5.97 Å². The van der Waals surface area contributed by atoms with E-state index in [0.717, 1.165) is 38.3 Å². The van der Waals surface area contributed by atoms with Crippen LogP contribution in [-0.2, 0) is 13.1 Å². The molecule has 0 radical (unpaired) electrons. The Bertz CT molecular complexity index is 816. The second-order valence-electron chi connectivity index (χ2n) is 6.77. The summed E-state index contributed by atoms with van der Waals surface area (Å²) < 4.78 is 0. The van der Waals surface area contributed by atoms with Crippen LogP contribution >= 0.6 is 0 Å². The molecule has 0 saturated carbocycles. The molecule has 1 aliphatic heterocycles. The summed E-state index contributed by atoms with van der Waals surface area (Å²) in [5, 5.41) is 11.9. The number of rotatable bonds is 6. The Morgan fingerprint density at radius 1 is 1.11 bits per heavy atom. The van der Waals surface area contributed by atoms with E-state index in [1.165, 1.54) is 23.9 Å². The minimum atomic E-state index is -1.15. The van der Waals surface area contributed by atoms with Gasteiger partial charge in [0.2, 0.25) is 0 Å². The highest BCUT2D eigenvalue weighted by molar-refractivity contribution is 5.96. The Balaban J connectivity index is 1.63. The molecule has 0 spiro atoms. The maximum atomic E-state index is 12.4. The monoisotopic (exact) mass is 368 g/mol. The third-order valence-electron chi connectivity index (χ3n) is 4.79. The van der Waals surface area contributed by atoms with Gasteiger partial charge in [0, 0.05) is 51.0 Å². The molecule has 1 aromatic carbocycles. The molecular formula is C20H24N4O3. The summed E-state index contributed by atoms with van der Waals surface area (Å²) in [5.74, 6) is -1.46. The highest BCUT2D eigenvalue weighted by Gasteiger charge is 2.16. The van der Waals surface area contributed by atoms with Gasteiger partial charge in [-0.2, -0.15) is 0 Å². The Kier molecular flexibility index (Phi) is 6.16. The molecule has 0 aliphatic carbocycles. The third kappa shape index (κ3) is 5.12. The number of likely N-dealkylation sites (N-methyl/N-ethyl adjacent to an activating group) is 1. The smallest absolute Gasteiger partial charge is 0.354 e. The molecule has 27 heavy (non-hydrogen) atoms. The molecule has 2 N–H and O–H groups in total. The number of nitrogens with one attached hydrogen (secondary N) is 1. The van der Waals surface area contributed by atoms with Crippen molar-refractivity contribution in [3.05, 3.63) is 65.0 Å². The van der Waals surface area contributed by atoms with E-state index in [-0.39, 0.29) is 11.6 Å². The Morgan fingerprint density at radius 3 is 2.52 bits per heavy atom. The number of aromatic carboxylic acids is 1. The van der Waals surface area contributed by atoms with Gasteiger partial charge in [0.1, 0.15) is 5.69 Å². The van der Waals surface area contributed by atoms with Gasteiger partial charge in [0.25, 0.3) is 5.91 Å². The Hall–Kier alpha value is -2.77. The lowest BCUT2D eigenvalue weighted by atomic mass is 10.1. The minimum Gasteiger partial charge on any atom is -0.477 e. The predicted molar refractivity (Wildman–Crippen MR) is 102 cm³/mol. The van der Waals surface area contributed by atoms with Crippen molar-refractivity contribution in [2.24, 2.45) is 0 Å². The molecule has 7 heteroatoms. The molecule has 1 aliphatic rings. The average Bonchev–Trinajstić information content (AvgIpc) is 2.69. The molecule has 1 aromatic heterocycles. The number of carboxylic acid groups (broad SMARTS) is 1. The van der Waals surface area contributed by atoms with Gasteiger partial charge in [-0.1, -0.05) is 24.3 Å². The van der Waals surface area contributed by atoms with Crippen LogP contribution in [0.25, 0.3) is 0 Å². The number of carbonyl (C=O) groups excluding carboxylic acids is 1. The van der Waals surface area contributed by atoms with E-state index in [9.17, 15) is 9.59 Å². The van der Waals surface area contributed by atoms with Crippen molar-refractivity contribution in [2.45, 2.75) is 13.1 Å². The topological polar surface area (TPSA) is 85.8 Å². The number of pyridine rings is 1. The zero-order valence-electron chi connectivity index (χ0n) is 15.4. The maximum absolute atomic E-state index is 12.4. The van der Waals surface area contributed by atoms with E-state index in [1.54, 1.807) is 0 Å². The number of hydrogen-bond acceptors (Lipinski definition) is 5. The molecule has 1 fully saturated rings. The van der Waals surface area contributed by atoms with E-state index in [1.807, 2.05) is 18.2 Å². The van der Waals surface area contributed by atoms with E-state index in [4.69, 9.17) is 5.11 Å². The van der Waals surface area contributed by atoms with Gasteiger partial charge in [0.05, 0.1) is 0 Å². The maximum Gasteiger partial charge on any atom is 0.354 e. The zero-order valence-corrected chi connectivity index (χ0v) is 15.4. The molecule has 0 unspecified atom stereocenters. The van der Waals surface area contributed by atoms with Gasteiger partial charge >= 0.3 is 5.97 Å². The number of hydrogen-bond donors (Lipinski definition) is 2. The van der Waals surface area contributed by atoms with Crippen LogP contribution in [0.4, 0.5) is 0 Å². The van der Waals surface area contributed by atoms with Crippen molar-refractivity contribution in [3.63, 3.8) is 0 Å². The number of amides is 1. The SMILES string of the molecule is CN1CCN(Cc2ccccc2CNC(=O)c2ccnc(C(=O)O)c2)CC1.